The molecule has 2 rings (SSSR count). The van der Waals surface area contributed by atoms with Gasteiger partial charge in [0.2, 0.25) is 0 Å². The third kappa shape index (κ3) is 2.55. The van der Waals surface area contributed by atoms with E-state index in [2.05, 4.69) is 23.6 Å². The van der Waals surface area contributed by atoms with Crippen LogP contribution in [-0.4, -0.2) is 0 Å². The normalized spacial score (nSPS) is 20.1. The van der Waals surface area contributed by atoms with Crippen LogP contribution in [0.1, 0.15) is 56.1 Å². The van der Waals surface area contributed by atoms with Crippen molar-refractivity contribution < 1.29 is 0 Å². The van der Waals surface area contributed by atoms with Gasteiger partial charge in [-0.3, -0.25) is 5.84 Å². The van der Waals surface area contributed by atoms with Crippen molar-refractivity contribution in [3.05, 3.63) is 35.4 Å². The highest BCUT2D eigenvalue weighted by Gasteiger charge is 2.24. The van der Waals surface area contributed by atoms with Gasteiger partial charge in [0.1, 0.15) is 5.54 Å². The van der Waals surface area contributed by atoms with E-state index in [4.69, 9.17) is 11.1 Å². The molecule has 0 aliphatic heterocycles. The molecular weight excluding hydrogens is 222 g/mol. The van der Waals surface area contributed by atoms with Crippen molar-refractivity contribution in [1.29, 1.82) is 5.26 Å². The second-order valence-electron chi connectivity index (χ2n) is 5.34. The monoisotopic (exact) mass is 243 g/mol. The first-order valence-electron chi connectivity index (χ1n) is 6.69. The van der Waals surface area contributed by atoms with E-state index in [1.807, 2.05) is 12.1 Å². The fraction of sp³-hybridized carbons (Fsp3) is 0.533. The lowest BCUT2D eigenvalue weighted by Gasteiger charge is -2.24. The van der Waals surface area contributed by atoms with Crippen LogP contribution >= 0.6 is 0 Å². The SMILES string of the molecule is CC(C#N)(NN)c1ccc(C2CCCCC2)cc1. The van der Waals surface area contributed by atoms with E-state index in [1.54, 1.807) is 6.92 Å². The third-order valence-electron chi connectivity index (χ3n) is 4.08. The molecule has 0 spiro atoms. The quantitative estimate of drug-likeness (QED) is 0.634. The number of benzene rings is 1. The number of rotatable bonds is 3. The molecule has 1 unspecified atom stereocenters. The standard InChI is InChI=1S/C15H21N3/c1-15(11-16,18-17)14-9-7-13(8-10-14)12-5-3-2-4-6-12/h7-10,12,18H,2-6,17H2,1H3. The van der Waals surface area contributed by atoms with Crippen molar-refractivity contribution in [3.63, 3.8) is 0 Å². The van der Waals surface area contributed by atoms with Gasteiger partial charge < -0.3 is 0 Å². The first kappa shape index (κ1) is 13.1. The van der Waals surface area contributed by atoms with Crippen LogP contribution in [0.5, 0.6) is 0 Å². The van der Waals surface area contributed by atoms with Gasteiger partial charge in [0, 0.05) is 0 Å². The van der Waals surface area contributed by atoms with Crippen LogP contribution in [0.4, 0.5) is 0 Å². The number of nitriles is 1. The maximum absolute atomic E-state index is 9.16. The summed E-state index contributed by atoms with van der Waals surface area (Å²) in [4.78, 5) is 0. The fourth-order valence-electron chi connectivity index (χ4n) is 2.70. The zero-order valence-electron chi connectivity index (χ0n) is 10.9. The summed E-state index contributed by atoms with van der Waals surface area (Å²) in [6.07, 6.45) is 6.64. The van der Waals surface area contributed by atoms with Gasteiger partial charge in [-0.15, -0.1) is 0 Å². The summed E-state index contributed by atoms with van der Waals surface area (Å²) in [5.41, 5.74) is 4.10. The minimum Gasteiger partial charge on any atom is -0.270 e. The Morgan fingerprint density at radius 1 is 1.22 bits per heavy atom. The highest BCUT2D eigenvalue weighted by atomic mass is 15.3. The molecule has 1 atom stereocenters. The molecule has 1 saturated carbocycles. The van der Waals surface area contributed by atoms with Gasteiger partial charge in [-0.25, -0.2) is 5.43 Å². The smallest absolute Gasteiger partial charge is 0.141 e. The average Bonchev–Trinajstić information content (AvgIpc) is 2.47. The number of nitrogens with one attached hydrogen (secondary N) is 1. The molecule has 96 valence electrons. The zero-order chi connectivity index (χ0) is 13.0. The van der Waals surface area contributed by atoms with Gasteiger partial charge in [0.05, 0.1) is 6.07 Å². The lowest BCUT2D eigenvalue weighted by molar-refractivity contribution is 0.442. The van der Waals surface area contributed by atoms with E-state index < -0.39 is 5.54 Å². The number of hydrazine groups is 1. The van der Waals surface area contributed by atoms with Gasteiger partial charge in [-0.2, -0.15) is 5.26 Å². The minimum atomic E-state index is -0.801. The van der Waals surface area contributed by atoms with E-state index in [0.29, 0.717) is 5.92 Å². The maximum Gasteiger partial charge on any atom is 0.141 e. The lowest BCUT2D eigenvalue weighted by Crippen LogP contribution is -2.42. The lowest BCUT2D eigenvalue weighted by atomic mass is 9.83. The Morgan fingerprint density at radius 2 is 1.83 bits per heavy atom. The molecule has 1 aromatic carbocycles. The first-order valence-corrected chi connectivity index (χ1v) is 6.69. The predicted octanol–water partition coefficient (Wildman–Crippen LogP) is 2.94. The summed E-state index contributed by atoms with van der Waals surface area (Å²) >= 11 is 0. The molecule has 3 heteroatoms. The molecule has 3 nitrogen and oxygen atoms in total. The summed E-state index contributed by atoms with van der Waals surface area (Å²) in [5, 5.41) is 9.16. The highest BCUT2D eigenvalue weighted by molar-refractivity contribution is 5.34. The molecule has 0 heterocycles. The Hall–Kier alpha value is -1.37. The molecule has 1 aromatic rings. The van der Waals surface area contributed by atoms with Crippen molar-refractivity contribution in [3.8, 4) is 6.07 Å². The summed E-state index contributed by atoms with van der Waals surface area (Å²) in [6, 6.07) is 10.6. The largest absolute Gasteiger partial charge is 0.270 e. The van der Waals surface area contributed by atoms with Crippen LogP contribution in [0.2, 0.25) is 0 Å². The molecule has 1 fully saturated rings. The third-order valence-corrected chi connectivity index (χ3v) is 4.08. The molecule has 0 bridgehead atoms. The van der Waals surface area contributed by atoms with Crippen molar-refractivity contribution in [2.45, 2.75) is 50.5 Å². The predicted molar refractivity (Wildman–Crippen MR) is 72.6 cm³/mol. The van der Waals surface area contributed by atoms with Gasteiger partial charge >= 0.3 is 0 Å². The summed E-state index contributed by atoms with van der Waals surface area (Å²) < 4.78 is 0. The molecule has 1 aliphatic carbocycles. The van der Waals surface area contributed by atoms with Crippen LogP contribution in [0.25, 0.3) is 0 Å². The van der Waals surface area contributed by atoms with Crippen molar-refractivity contribution in [2.75, 3.05) is 0 Å². The second kappa shape index (κ2) is 5.51. The fourth-order valence-corrected chi connectivity index (χ4v) is 2.70. The Bertz CT molecular complexity index is 426. The van der Waals surface area contributed by atoms with Gasteiger partial charge in [-0.1, -0.05) is 43.5 Å². The molecule has 0 amide bonds. The number of nitrogens with two attached hydrogens (primary N) is 1. The molecule has 0 radical (unpaired) electrons. The Labute approximate surface area is 109 Å². The van der Waals surface area contributed by atoms with E-state index in [0.717, 1.165) is 5.56 Å². The van der Waals surface area contributed by atoms with Crippen LogP contribution in [0.3, 0.4) is 0 Å². The van der Waals surface area contributed by atoms with Gasteiger partial charge in [0.15, 0.2) is 0 Å². The Morgan fingerprint density at radius 3 is 2.33 bits per heavy atom. The molecule has 0 aromatic heterocycles. The highest BCUT2D eigenvalue weighted by Crippen LogP contribution is 2.33. The first-order chi connectivity index (χ1) is 8.69. The second-order valence-corrected chi connectivity index (χ2v) is 5.34. The maximum atomic E-state index is 9.16. The van der Waals surface area contributed by atoms with Crippen molar-refractivity contribution in [1.82, 2.24) is 5.43 Å². The summed E-state index contributed by atoms with van der Waals surface area (Å²) in [6.45, 7) is 1.79. The minimum absolute atomic E-state index is 0.701. The van der Waals surface area contributed by atoms with Crippen molar-refractivity contribution >= 4 is 0 Å². The van der Waals surface area contributed by atoms with Crippen LogP contribution in [-0.2, 0) is 5.54 Å². The van der Waals surface area contributed by atoms with Gasteiger partial charge in [-0.05, 0) is 36.8 Å². The Kier molecular flexibility index (Phi) is 4.00. The number of nitrogens with zero attached hydrogens (tertiary/aromatic N) is 1. The molecule has 3 N–H and O–H groups in total. The topological polar surface area (TPSA) is 61.8 Å². The van der Waals surface area contributed by atoms with Crippen molar-refractivity contribution in [2.24, 2.45) is 5.84 Å². The average molecular weight is 243 g/mol. The van der Waals surface area contributed by atoms with E-state index >= 15 is 0 Å². The summed E-state index contributed by atoms with van der Waals surface area (Å²) in [5.74, 6) is 6.16. The van der Waals surface area contributed by atoms with Crippen LogP contribution in [0, 0.1) is 11.3 Å². The number of hydrogen-bond donors (Lipinski definition) is 2. The summed E-state index contributed by atoms with van der Waals surface area (Å²) in [7, 11) is 0. The molecule has 0 saturated heterocycles. The molecule has 18 heavy (non-hydrogen) atoms. The molecular formula is C15H21N3. The van der Waals surface area contributed by atoms with Crippen LogP contribution < -0.4 is 11.3 Å². The zero-order valence-corrected chi connectivity index (χ0v) is 10.9. The number of hydrogen-bond acceptors (Lipinski definition) is 3. The Balaban J connectivity index is 2.17. The van der Waals surface area contributed by atoms with E-state index in [9.17, 15) is 0 Å². The van der Waals surface area contributed by atoms with Crippen LogP contribution in [0.15, 0.2) is 24.3 Å². The van der Waals surface area contributed by atoms with E-state index in [1.165, 1.54) is 37.7 Å². The van der Waals surface area contributed by atoms with Gasteiger partial charge in [0.25, 0.3) is 0 Å². The van der Waals surface area contributed by atoms with E-state index in [-0.39, 0.29) is 0 Å². The molecule has 1 aliphatic rings.